The molecule has 2 rings (SSSR count). The summed E-state index contributed by atoms with van der Waals surface area (Å²) in [5, 5.41) is 11.5. The van der Waals surface area contributed by atoms with Crippen molar-refractivity contribution in [2.45, 2.75) is 6.42 Å². The lowest BCUT2D eigenvalue weighted by Gasteiger charge is -2.21. The predicted molar refractivity (Wildman–Crippen MR) is 99.3 cm³/mol. The van der Waals surface area contributed by atoms with Crippen molar-refractivity contribution in [3.8, 4) is 5.75 Å². The van der Waals surface area contributed by atoms with Crippen molar-refractivity contribution < 1.29 is 24.2 Å². The number of para-hydroxylation sites is 1. The third kappa shape index (κ3) is 7.60. The Morgan fingerprint density at radius 2 is 1.59 bits per heavy atom. The molecule has 2 N–H and O–H groups in total. The first-order valence-corrected chi connectivity index (χ1v) is 8.52. The van der Waals surface area contributed by atoms with Gasteiger partial charge < -0.3 is 20.1 Å². The van der Waals surface area contributed by atoms with Gasteiger partial charge in [0.2, 0.25) is 5.91 Å². The van der Waals surface area contributed by atoms with Crippen LogP contribution in [0.1, 0.15) is 5.56 Å². The molecule has 142 valence electrons. The van der Waals surface area contributed by atoms with Crippen molar-refractivity contribution in [2.24, 2.45) is 0 Å². The van der Waals surface area contributed by atoms with Crippen LogP contribution in [-0.4, -0.2) is 54.0 Å². The molecule has 0 aliphatic carbocycles. The van der Waals surface area contributed by atoms with Gasteiger partial charge in [0.15, 0.2) is 6.61 Å². The van der Waals surface area contributed by atoms with Gasteiger partial charge in [0, 0.05) is 6.54 Å². The Labute approximate surface area is 157 Å². The number of nitrogens with zero attached hydrogens (tertiary/aromatic N) is 1. The van der Waals surface area contributed by atoms with Crippen molar-refractivity contribution >= 4 is 17.8 Å². The highest BCUT2D eigenvalue weighted by atomic mass is 16.5. The van der Waals surface area contributed by atoms with E-state index in [9.17, 15) is 14.4 Å². The Bertz CT molecular complexity index is 749. The summed E-state index contributed by atoms with van der Waals surface area (Å²) < 4.78 is 5.30. The number of ether oxygens (including phenoxy) is 1. The number of nitrogens with one attached hydrogen (secondary N) is 1. The monoisotopic (exact) mass is 370 g/mol. The molecule has 0 fully saturated rings. The highest BCUT2D eigenvalue weighted by Crippen LogP contribution is 2.07. The summed E-state index contributed by atoms with van der Waals surface area (Å²) in [6.07, 6.45) is 0.533. The van der Waals surface area contributed by atoms with E-state index in [0.29, 0.717) is 12.2 Å². The minimum absolute atomic E-state index is 0.222. The standard InChI is InChI=1S/C20H22N2O5/c23-18(15-27-17-9-5-2-6-10-17)21-13-19(24)22(14-20(25)26)12-11-16-7-3-1-4-8-16/h1-10H,11-15H2,(H,21,23)(H,25,26). The Balaban J connectivity index is 1.79. The molecule has 0 unspecified atom stereocenters. The molecule has 0 aliphatic heterocycles. The van der Waals surface area contributed by atoms with E-state index in [4.69, 9.17) is 9.84 Å². The molecule has 2 amide bonds. The van der Waals surface area contributed by atoms with Crippen LogP contribution in [0.4, 0.5) is 0 Å². The smallest absolute Gasteiger partial charge is 0.323 e. The van der Waals surface area contributed by atoms with E-state index in [1.807, 2.05) is 36.4 Å². The normalized spacial score (nSPS) is 10.1. The minimum atomic E-state index is -1.10. The molecule has 2 aromatic carbocycles. The maximum atomic E-state index is 12.3. The lowest BCUT2D eigenvalue weighted by Crippen LogP contribution is -2.44. The van der Waals surface area contributed by atoms with Crippen LogP contribution in [0, 0.1) is 0 Å². The number of aliphatic carboxylic acids is 1. The van der Waals surface area contributed by atoms with E-state index in [-0.39, 0.29) is 19.7 Å². The highest BCUT2D eigenvalue weighted by Gasteiger charge is 2.17. The van der Waals surface area contributed by atoms with Crippen LogP contribution >= 0.6 is 0 Å². The zero-order valence-electron chi connectivity index (χ0n) is 14.8. The van der Waals surface area contributed by atoms with Crippen LogP contribution in [0.5, 0.6) is 5.75 Å². The van der Waals surface area contributed by atoms with Crippen molar-refractivity contribution in [1.29, 1.82) is 0 Å². The fourth-order valence-electron chi connectivity index (χ4n) is 2.37. The topological polar surface area (TPSA) is 95.9 Å². The number of carboxylic acid groups (broad SMARTS) is 1. The largest absolute Gasteiger partial charge is 0.484 e. The van der Waals surface area contributed by atoms with Gasteiger partial charge in [-0.1, -0.05) is 48.5 Å². The third-order valence-corrected chi connectivity index (χ3v) is 3.74. The van der Waals surface area contributed by atoms with Gasteiger partial charge in [-0.15, -0.1) is 0 Å². The average Bonchev–Trinajstić information content (AvgIpc) is 2.69. The van der Waals surface area contributed by atoms with Crippen LogP contribution in [0.3, 0.4) is 0 Å². The second-order valence-electron chi connectivity index (χ2n) is 5.82. The molecule has 0 spiro atoms. The second-order valence-corrected chi connectivity index (χ2v) is 5.82. The number of rotatable bonds is 10. The molecule has 0 radical (unpaired) electrons. The zero-order chi connectivity index (χ0) is 19.5. The molecule has 27 heavy (non-hydrogen) atoms. The molecule has 0 saturated heterocycles. The maximum Gasteiger partial charge on any atom is 0.323 e. The Kier molecular flexibility index (Phi) is 7.84. The molecule has 2 aromatic rings. The summed E-state index contributed by atoms with van der Waals surface area (Å²) in [6, 6.07) is 18.3. The number of hydrogen-bond acceptors (Lipinski definition) is 4. The van der Waals surface area contributed by atoms with Gasteiger partial charge >= 0.3 is 5.97 Å². The van der Waals surface area contributed by atoms with E-state index >= 15 is 0 Å². The summed E-state index contributed by atoms with van der Waals surface area (Å²) in [4.78, 5) is 36.3. The van der Waals surface area contributed by atoms with Gasteiger partial charge in [-0.25, -0.2) is 0 Å². The molecule has 0 heterocycles. The minimum Gasteiger partial charge on any atom is -0.484 e. The summed E-state index contributed by atoms with van der Waals surface area (Å²) in [7, 11) is 0. The molecule has 0 atom stereocenters. The van der Waals surface area contributed by atoms with Crippen molar-refractivity contribution in [1.82, 2.24) is 10.2 Å². The van der Waals surface area contributed by atoms with E-state index in [1.165, 1.54) is 4.90 Å². The van der Waals surface area contributed by atoms with E-state index < -0.39 is 24.3 Å². The second kappa shape index (κ2) is 10.6. The van der Waals surface area contributed by atoms with Gasteiger partial charge in [0.05, 0.1) is 6.54 Å². The SMILES string of the molecule is O=C(O)CN(CCc1ccccc1)C(=O)CNC(=O)COc1ccccc1. The summed E-state index contributed by atoms with van der Waals surface area (Å²) in [5.74, 6) is -1.46. The van der Waals surface area contributed by atoms with Crippen molar-refractivity contribution in [3.63, 3.8) is 0 Å². The first kappa shape index (κ1) is 20.0. The molecule has 0 saturated carbocycles. The van der Waals surface area contributed by atoms with Crippen molar-refractivity contribution in [3.05, 3.63) is 66.2 Å². The van der Waals surface area contributed by atoms with Gasteiger partial charge in [-0.3, -0.25) is 14.4 Å². The summed E-state index contributed by atoms with van der Waals surface area (Å²) in [5.41, 5.74) is 1.00. The van der Waals surface area contributed by atoms with Crippen LogP contribution < -0.4 is 10.1 Å². The summed E-state index contributed by atoms with van der Waals surface area (Å²) >= 11 is 0. The van der Waals surface area contributed by atoms with E-state index in [1.54, 1.807) is 24.3 Å². The Hall–Kier alpha value is -3.35. The fraction of sp³-hybridized carbons (Fsp3) is 0.250. The number of amides is 2. The number of carbonyl (C=O) groups excluding carboxylic acids is 2. The molecule has 0 aromatic heterocycles. The molecule has 7 heteroatoms. The van der Waals surface area contributed by atoms with Crippen LogP contribution in [0.2, 0.25) is 0 Å². The van der Waals surface area contributed by atoms with Gasteiger partial charge in [0.1, 0.15) is 12.3 Å². The number of carbonyl (C=O) groups is 3. The molecular weight excluding hydrogens is 348 g/mol. The molecular formula is C20H22N2O5. The number of hydrogen-bond donors (Lipinski definition) is 2. The first-order chi connectivity index (χ1) is 13.0. The zero-order valence-corrected chi connectivity index (χ0v) is 14.8. The predicted octanol–water partition coefficient (Wildman–Crippen LogP) is 1.34. The maximum absolute atomic E-state index is 12.3. The lowest BCUT2D eigenvalue weighted by molar-refractivity contribution is -0.144. The average molecular weight is 370 g/mol. The van der Waals surface area contributed by atoms with Crippen LogP contribution in [0.25, 0.3) is 0 Å². The van der Waals surface area contributed by atoms with Crippen LogP contribution in [0.15, 0.2) is 60.7 Å². The molecule has 7 nitrogen and oxygen atoms in total. The van der Waals surface area contributed by atoms with Gasteiger partial charge in [0.25, 0.3) is 5.91 Å². The Morgan fingerprint density at radius 3 is 2.22 bits per heavy atom. The summed E-state index contributed by atoms with van der Waals surface area (Å²) in [6.45, 7) is -0.660. The fourth-order valence-corrected chi connectivity index (χ4v) is 2.37. The van der Waals surface area contributed by atoms with Gasteiger partial charge in [-0.05, 0) is 24.1 Å². The van der Waals surface area contributed by atoms with E-state index in [2.05, 4.69) is 5.32 Å². The van der Waals surface area contributed by atoms with Crippen LogP contribution in [-0.2, 0) is 20.8 Å². The lowest BCUT2D eigenvalue weighted by atomic mass is 10.1. The number of carboxylic acids is 1. The Morgan fingerprint density at radius 1 is 0.963 bits per heavy atom. The molecule has 0 aliphatic rings. The van der Waals surface area contributed by atoms with E-state index in [0.717, 1.165) is 5.56 Å². The van der Waals surface area contributed by atoms with Crippen molar-refractivity contribution in [2.75, 3.05) is 26.2 Å². The highest BCUT2D eigenvalue weighted by molar-refractivity contribution is 5.87. The quantitative estimate of drug-likeness (QED) is 0.658. The number of benzene rings is 2. The van der Waals surface area contributed by atoms with Gasteiger partial charge in [-0.2, -0.15) is 0 Å². The third-order valence-electron chi connectivity index (χ3n) is 3.74. The molecule has 0 bridgehead atoms. The first-order valence-electron chi connectivity index (χ1n) is 8.52.